The minimum atomic E-state index is -0.358. The van der Waals surface area contributed by atoms with Crippen LogP contribution in [0.4, 0.5) is 0 Å². The van der Waals surface area contributed by atoms with E-state index in [1.165, 1.54) is 18.7 Å². The normalized spacial score (nSPS) is 11.5. The zero-order chi connectivity index (χ0) is 18.4. The predicted molar refractivity (Wildman–Crippen MR) is 101 cm³/mol. The van der Waals surface area contributed by atoms with Crippen molar-refractivity contribution in [2.45, 2.75) is 13.5 Å². The molecule has 0 unspecified atom stereocenters. The number of esters is 1. The lowest BCUT2D eigenvalue weighted by molar-refractivity contribution is -0.134. The first kappa shape index (κ1) is 18.7. The Hall–Kier alpha value is -2.59. The first-order valence-corrected chi connectivity index (χ1v) is 8.14. The van der Waals surface area contributed by atoms with Gasteiger partial charge in [-0.05, 0) is 55.4 Å². The molecule has 0 aliphatic rings. The van der Waals surface area contributed by atoms with Crippen LogP contribution in [-0.2, 0) is 16.1 Å². The predicted octanol–water partition coefficient (Wildman–Crippen LogP) is 4.00. The Balaban J connectivity index is 2.56. The molecule has 0 N–H and O–H groups in total. The highest BCUT2D eigenvalue weighted by atomic mass is 16.5. The third-order valence-corrected chi connectivity index (χ3v) is 3.98. The van der Waals surface area contributed by atoms with Crippen LogP contribution in [0.1, 0.15) is 18.1 Å². The van der Waals surface area contributed by atoms with Crippen molar-refractivity contribution in [2.24, 2.45) is 0 Å². The van der Waals surface area contributed by atoms with Crippen LogP contribution in [0, 0.1) is 0 Å². The molecule has 0 spiro atoms. The highest BCUT2D eigenvalue weighted by Crippen LogP contribution is 2.35. The standard InChI is InChI=1S/C21H25NO3/c1-15(12-21(23)25-5)16-10-11-20(24-4)19(13-16)18-9-7-6-8-17(18)14-22(2)3/h6-13H,14H2,1-5H3/b15-12+. The number of allylic oxidation sites excluding steroid dienone is 1. The Labute approximate surface area is 149 Å². The summed E-state index contributed by atoms with van der Waals surface area (Å²) in [5.41, 5.74) is 5.16. The molecule has 25 heavy (non-hydrogen) atoms. The Bertz CT molecular complexity index is 778. The smallest absolute Gasteiger partial charge is 0.330 e. The molecule has 0 aromatic heterocycles. The molecule has 2 aromatic carbocycles. The van der Waals surface area contributed by atoms with Crippen molar-refractivity contribution in [3.63, 3.8) is 0 Å². The molecular formula is C21H25NO3. The number of ether oxygens (including phenoxy) is 2. The summed E-state index contributed by atoms with van der Waals surface area (Å²) < 4.78 is 10.3. The molecule has 0 saturated heterocycles. The van der Waals surface area contributed by atoms with Gasteiger partial charge < -0.3 is 14.4 Å². The zero-order valence-corrected chi connectivity index (χ0v) is 15.5. The average Bonchev–Trinajstić information content (AvgIpc) is 2.61. The third-order valence-electron chi connectivity index (χ3n) is 3.98. The van der Waals surface area contributed by atoms with Crippen molar-refractivity contribution < 1.29 is 14.3 Å². The fourth-order valence-electron chi connectivity index (χ4n) is 2.74. The van der Waals surface area contributed by atoms with E-state index in [0.717, 1.165) is 34.6 Å². The molecular weight excluding hydrogens is 314 g/mol. The van der Waals surface area contributed by atoms with Gasteiger partial charge in [-0.2, -0.15) is 0 Å². The lowest BCUT2D eigenvalue weighted by atomic mass is 9.95. The van der Waals surface area contributed by atoms with E-state index in [1.54, 1.807) is 7.11 Å². The van der Waals surface area contributed by atoms with Crippen LogP contribution >= 0.6 is 0 Å². The second-order valence-corrected chi connectivity index (χ2v) is 6.16. The average molecular weight is 339 g/mol. The lowest BCUT2D eigenvalue weighted by Crippen LogP contribution is -2.11. The van der Waals surface area contributed by atoms with Gasteiger partial charge in [0.1, 0.15) is 5.75 Å². The van der Waals surface area contributed by atoms with Crippen LogP contribution in [0.5, 0.6) is 5.75 Å². The summed E-state index contributed by atoms with van der Waals surface area (Å²) in [5, 5.41) is 0. The summed E-state index contributed by atoms with van der Waals surface area (Å²) in [6, 6.07) is 14.2. The van der Waals surface area contributed by atoms with E-state index in [1.807, 2.05) is 45.3 Å². The van der Waals surface area contributed by atoms with Crippen molar-refractivity contribution in [1.82, 2.24) is 4.90 Å². The fraction of sp³-hybridized carbons (Fsp3) is 0.286. The minimum Gasteiger partial charge on any atom is -0.496 e. The topological polar surface area (TPSA) is 38.8 Å². The summed E-state index contributed by atoms with van der Waals surface area (Å²) in [5.74, 6) is 0.448. The van der Waals surface area contributed by atoms with Crippen LogP contribution in [0.2, 0.25) is 0 Å². The van der Waals surface area contributed by atoms with Crippen molar-refractivity contribution in [3.05, 3.63) is 59.7 Å². The van der Waals surface area contributed by atoms with Gasteiger partial charge >= 0.3 is 5.97 Å². The van der Waals surface area contributed by atoms with Crippen LogP contribution in [-0.4, -0.2) is 39.2 Å². The number of carbonyl (C=O) groups excluding carboxylic acids is 1. The lowest BCUT2D eigenvalue weighted by Gasteiger charge is -2.17. The van der Waals surface area contributed by atoms with E-state index < -0.39 is 0 Å². The van der Waals surface area contributed by atoms with Crippen molar-refractivity contribution >= 4 is 11.5 Å². The zero-order valence-electron chi connectivity index (χ0n) is 15.5. The van der Waals surface area contributed by atoms with E-state index in [2.05, 4.69) is 23.1 Å². The van der Waals surface area contributed by atoms with E-state index in [4.69, 9.17) is 9.47 Å². The Kier molecular flexibility index (Phi) is 6.37. The quantitative estimate of drug-likeness (QED) is 0.589. The molecule has 2 rings (SSSR count). The maximum absolute atomic E-state index is 11.5. The molecule has 4 nitrogen and oxygen atoms in total. The van der Waals surface area contributed by atoms with Crippen molar-refractivity contribution in [1.29, 1.82) is 0 Å². The third kappa shape index (κ3) is 4.70. The first-order chi connectivity index (χ1) is 12.0. The molecule has 0 bridgehead atoms. The molecule has 0 aliphatic carbocycles. The Morgan fingerprint density at radius 3 is 2.44 bits per heavy atom. The highest BCUT2D eigenvalue weighted by Gasteiger charge is 2.12. The number of hydrogen-bond acceptors (Lipinski definition) is 4. The molecule has 0 aliphatic heterocycles. The van der Waals surface area contributed by atoms with Gasteiger partial charge in [0, 0.05) is 18.2 Å². The van der Waals surface area contributed by atoms with Gasteiger partial charge in [-0.3, -0.25) is 0 Å². The van der Waals surface area contributed by atoms with Crippen LogP contribution in [0.3, 0.4) is 0 Å². The molecule has 0 saturated carbocycles. The number of carbonyl (C=O) groups is 1. The monoisotopic (exact) mass is 339 g/mol. The van der Waals surface area contributed by atoms with Crippen LogP contribution < -0.4 is 4.74 Å². The maximum Gasteiger partial charge on any atom is 0.330 e. The van der Waals surface area contributed by atoms with Gasteiger partial charge in [0.05, 0.1) is 14.2 Å². The largest absolute Gasteiger partial charge is 0.496 e. The van der Waals surface area contributed by atoms with E-state index in [0.29, 0.717) is 0 Å². The number of rotatable bonds is 6. The molecule has 0 atom stereocenters. The molecule has 2 aromatic rings. The summed E-state index contributed by atoms with van der Waals surface area (Å²) in [6.07, 6.45) is 1.50. The maximum atomic E-state index is 11.5. The fourth-order valence-corrected chi connectivity index (χ4v) is 2.74. The summed E-state index contributed by atoms with van der Waals surface area (Å²) in [7, 11) is 7.15. The van der Waals surface area contributed by atoms with Crippen molar-refractivity contribution in [3.8, 4) is 16.9 Å². The minimum absolute atomic E-state index is 0.358. The van der Waals surface area contributed by atoms with Gasteiger partial charge in [0.25, 0.3) is 0 Å². The van der Waals surface area contributed by atoms with E-state index >= 15 is 0 Å². The Morgan fingerprint density at radius 1 is 1.08 bits per heavy atom. The van der Waals surface area contributed by atoms with Gasteiger partial charge in [-0.25, -0.2) is 4.79 Å². The second kappa shape index (κ2) is 8.49. The summed E-state index contributed by atoms with van der Waals surface area (Å²) in [4.78, 5) is 13.7. The van der Waals surface area contributed by atoms with Gasteiger partial charge in [0.2, 0.25) is 0 Å². The first-order valence-electron chi connectivity index (χ1n) is 8.14. The summed E-state index contributed by atoms with van der Waals surface area (Å²) in [6.45, 7) is 2.73. The molecule has 0 radical (unpaired) electrons. The van der Waals surface area contributed by atoms with Gasteiger partial charge in [0.15, 0.2) is 0 Å². The molecule has 132 valence electrons. The van der Waals surface area contributed by atoms with Gasteiger partial charge in [-0.1, -0.05) is 30.3 Å². The molecule has 4 heteroatoms. The number of methoxy groups -OCH3 is 2. The van der Waals surface area contributed by atoms with E-state index in [-0.39, 0.29) is 5.97 Å². The van der Waals surface area contributed by atoms with Crippen LogP contribution in [0.15, 0.2) is 48.5 Å². The number of benzene rings is 2. The molecule has 0 amide bonds. The summed E-state index contributed by atoms with van der Waals surface area (Å²) >= 11 is 0. The van der Waals surface area contributed by atoms with Crippen molar-refractivity contribution in [2.75, 3.05) is 28.3 Å². The van der Waals surface area contributed by atoms with Gasteiger partial charge in [-0.15, -0.1) is 0 Å². The number of nitrogens with zero attached hydrogens (tertiary/aromatic N) is 1. The van der Waals surface area contributed by atoms with Crippen LogP contribution in [0.25, 0.3) is 16.7 Å². The number of hydrogen-bond donors (Lipinski definition) is 0. The molecule has 0 heterocycles. The SMILES string of the molecule is COC(=O)/C=C(\C)c1ccc(OC)c(-c2ccccc2CN(C)C)c1. The Morgan fingerprint density at radius 2 is 1.80 bits per heavy atom. The highest BCUT2D eigenvalue weighted by molar-refractivity contribution is 5.91. The van der Waals surface area contributed by atoms with E-state index in [9.17, 15) is 4.79 Å². The second-order valence-electron chi connectivity index (χ2n) is 6.16. The molecule has 0 fully saturated rings.